The highest BCUT2D eigenvalue weighted by Gasteiger charge is 2.49. The molecule has 0 saturated carbocycles. The summed E-state index contributed by atoms with van der Waals surface area (Å²) in [6.45, 7) is 9.09. The van der Waals surface area contributed by atoms with Gasteiger partial charge in [-0.2, -0.15) is 0 Å². The zero-order valence-electron chi connectivity index (χ0n) is 26.6. The number of hydrogen-bond acceptors (Lipinski definition) is 8. The largest absolute Gasteiger partial charge is 0.494 e. The summed E-state index contributed by atoms with van der Waals surface area (Å²) < 4.78 is 28.3. The number of nitrogens with zero attached hydrogens (tertiary/aromatic N) is 2. The second-order valence-electron chi connectivity index (χ2n) is 12.1. The summed E-state index contributed by atoms with van der Waals surface area (Å²) in [4.78, 5) is 43.1. The highest BCUT2D eigenvalue weighted by Crippen LogP contribution is 2.31. The molecule has 0 bridgehead atoms. The highest BCUT2D eigenvalue weighted by molar-refractivity contribution is 5.95. The fourth-order valence-corrected chi connectivity index (χ4v) is 5.33. The Morgan fingerprint density at radius 3 is 2.41 bits per heavy atom. The minimum Gasteiger partial charge on any atom is -0.494 e. The van der Waals surface area contributed by atoms with Crippen LogP contribution in [0.4, 0.5) is 10.5 Å². The van der Waals surface area contributed by atoms with Gasteiger partial charge < -0.3 is 38.8 Å². The minimum absolute atomic E-state index is 0.157. The Bertz CT molecular complexity index is 1290. The molecule has 4 rings (SSSR count). The minimum atomic E-state index is -0.989. The quantitative estimate of drug-likeness (QED) is 0.345. The zero-order chi connectivity index (χ0) is 31.9. The van der Waals surface area contributed by atoms with Gasteiger partial charge in [-0.05, 0) is 75.6 Å². The van der Waals surface area contributed by atoms with Gasteiger partial charge in [0.25, 0.3) is 5.91 Å². The first-order valence-electron chi connectivity index (χ1n) is 15.2. The molecule has 3 amide bonds. The first kappa shape index (κ1) is 32.9. The number of anilines is 1. The lowest BCUT2D eigenvalue weighted by Crippen LogP contribution is -2.59. The molecule has 44 heavy (non-hydrogen) atoms. The number of carbonyl (C=O) groups is 3. The average Bonchev–Trinajstić information content (AvgIpc) is 3.41. The van der Waals surface area contributed by atoms with E-state index in [2.05, 4.69) is 12.2 Å². The van der Waals surface area contributed by atoms with E-state index in [1.54, 1.807) is 48.3 Å². The fraction of sp³-hybridized carbons (Fsp3) is 0.545. The van der Waals surface area contributed by atoms with Crippen LogP contribution < -0.4 is 19.5 Å². The first-order chi connectivity index (χ1) is 21.0. The molecule has 2 aromatic carbocycles. The summed E-state index contributed by atoms with van der Waals surface area (Å²) >= 11 is 0. The standard InChI is InChI=1S/C33H45N3O8/c1-7-8-17-42-24-12-10-23(11-13-24)34-30(37)19-28-31(38)36(16-15-22-9-14-26(40-5)27(18-22)41-6)25-20-35(21-29(25)43-28)32(39)44-33(2,3)4/h9-14,18,25,28-29H,7-8,15-17,19-21H2,1-6H3,(H,34,37). The maximum atomic E-state index is 13.8. The summed E-state index contributed by atoms with van der Waals surface area (Å²) in [5.74, 6) is 1.32. The summed E-state index contributed by atoms with van der Waals surface area (Å²) in [6.07, 6.45) is 0.490. The predicted molar refractivity (Wildman–Crippen MR) is 165 cm³/mol. The van der Waals surface area contributed by atoms with Gasteiger partial charge in [0.2, 0.25) is 5.91 Å². The Kier molecular flexibility index (Phi) is 11.0. The molecule has 0 aromatic heterocycles. The van der Waals surface area contributed by atoms with Gasteiger partial charge in [-0.15, -0.1) is 0 Å². The monoisotopic (exact) mass is 611 g/mol. The van der Waals surface area contributed by atoms with Gasteiger partial charge >= 0.3 is 6.09 Å². The van der Waals surface area contributed by atoms with E-state index in [9.17, 15) is 14.4 Å². The van der Waals surface area contributed by atoms with Crippen molar-refractivity contribution < 1.29 is 38.1 Å². The smallest absolute Gasteiger partial charge is 0.410 e. The Balaban J connectivity index is 1.46. The summed E-state index contributed by atoms with van der Waals surface area (Å²) in [7, 11) is 3.15. The van der Waals surface area contributed by atoms with E-state index in [0.717, 1.165) is 24.2 Å². The molecule has 3 unspecified atom stereocenters. The number of ether oxygens (including phenoxy) is 5. The van der Waals surface area contributed by atoms with Gasteiger partial charge in [-0.25, -0.2) is 4.79 Å². The van der Waals surface area contributed by atoms with Crippen LogP contribution in [0, 0.1) is 0 Å². The van der Waals surface area contributed by atoms with Crippen molar-refractivity contribution in [3.05, 3.63) is 48.0 Å². The number of carbonyl (C=O) groups excluding carboxylic acids is 3. The zero-order valence-corrected chi connectivity index (χ0v) is 26.6. The van der Waals surface area contributed by atoms with Crippen molar-refractivity contribution in [3.63, 3.8) is 0 Å². The molecule has 11 nitrogen and oxygen atoms in total. The van der Waals surface area contributed by atoms with Gasteiger partial charge in [0.1, 0.15) is 17.5 Å². The molecular weight excluding hydrogens is 566 g/mol. The van der Waals surface area contributed by atoms with E-state index in [4.69, 9.17) is 23.7 Å². The molecular formula is C33H45N3O8. The molecule has 2 saturated heterocycles. The van der Waals surface area contributed by atoms with E-state index in [1.165, 1.54) is 0 Å². The van der Waals surface area contributed by atoms with E-state index >= 15 is 0 Å². The molecule has 2 aliphatic heterocycles. The Morgan fingerprint density at radius 1 is 1.02 bits per heavy atom. The van der Waals surface area contributed by atoms with Crippen LogP contribution in [0.15, 0.2) is 42.5 Å². The van der Waals surface area contributed by atoms with Crippen molar-refractivity contribution in [1.29, 1.82) is 0 Å². The number of nitrogens with one attached hydrogen (secondary N) is 1. The molecule has 2 fully saturated rings. The molecule has 0 spiro atoms. The number of hydrogen-bond donors (Lipinski definition) is 1. The molecule has 2 aromatic rings. The summed E-state index contributed by atoms with van der Waals surface area (Å²) in [5, 5.41) is 2.86. The number of morpholine rings is 1. The van der Waals surface area contributed by atoms with Crippen LogP contribution in [0.3, 0.4) is 0 Å². The van der Waals surface area contributed by atoms with E-state index in [-0.39, 0.29) is 37.4 Å². The topological polar surface area (TPSA) is 116 Å². The summed E-state index contributed by atoms with van der Waals surface area (Å²) in [6, 6.07) is 12.4. The van der Waals surface area contributed by atoms with Crippen molar-refractivity contribution in [3.8, 4) is 17.2 Å². The van der Waals surface area contributed by atoms with E-state index in [0.29, 0.717) is 36.8 Å². The number of rotatable bonds is 12. The molecule has 11 heteroatoms. The molecule has 0 radical (unpaired) electrons. The van der Waals surface area contributed by atoms with Crippen molar-refractivity contribution in [1.82, 2.24) is 9.80 Å². The third kappa shape index (κ3) is 8.56. The van der Waals surface area contributed by atoms with Crippen LogP contribution in [0.5, 0.6) is 17.2 Å². The maximum absolute atomic E-state index is 13.8. The molecule has 2 heterocycles. The van der Waals surface area contributed by atoms with Crippen LogP contribution in [0.2, 0.25) is 0 Å². The maximum Gasteiger partial charge on any atom is 0.410 e. The number of fused-ring (bicyclic) bond motifs is 1. The number of unbranched alkanes of at least 4 members (excludes halogenated alkanes) is 1. The molecule has 240 valence electrons. The SMILES string of the molecule is CCCCOc1ccc(NC(=O)CC2OC3CN(C(=O)OC(C)(C)C)CC3N(CCc3ccc(OC)c(OC)c3)C2=O)cc1. The summed E-state index contributed by atoms with van der Waals surface area (Å²) in [5.41, 5.74) is 0.896. The normalized spacial score (nSPS) is 19.8. The number of benzene rings is 2. The molecule has 0 aliphatic carbocycles. The fourth-order valence-electron chi connectivity index (χ4n) is 5.33. The van der Waals surface area contributed by atoms with Crippen molar-refractivity contribution >= 4 is 23.6 Å². The third-order valence-electron chi connectivity index (χ3n) is 7.55. The van der Waals surface area contributed by atoms with Crippen LogP contribution in [-0.4, -0.2) is 92.0 Å². The lowest BCUT2D eigenvalue weighted by molar-refractivity contribution is -0.168. The van der Waals surface area contributed by atoms with Crippen molar-refractivity contribution in [2.75, 3.05) is 45.8 Å². The lowest BCUT2D eigenvalue weighted by atomic mass is 10.0. The first-order valence-corrected chi connectivity index (χ1v) is 15.2. The van der Waals surface area contributed by atoms with Gasteiger partial charge in [0.15, 0.2) is 11.5 Å². The van der Waals surface area contributed by atoms with Crippen molar-refractivity contribution in [2.24, 2.45) is 0 Å². The number of amides is 3. The Labute approximate surface area is 259 Å². The lowest BCUT2D eigenvalue weighted by Gasteiger charge is -2.40. The van der Waals surface area contributed by atoms with E-state index in [1.807, 2.05) is 39.0 Å². The number of methoxy groups -OCH3 is 2. The van der Waals surface area contributed by atoms with Gasteiger partial charge in [-0.3, -0.25) is 9.59 Å². The van der Waals surface area contributed by atoms with Crippen LogP contribution in [-0.2, 0) is 25.5 Å². The second kappa shape index (κ2) is 14.7. The molecule has 2 aliphatic rings. The van der Waals surface area contributed by atoms with Crippen molar-refractivity contribution in [2.45, 2.75) is 77.2 Å². The molecule has 3 atom stereocenters. The predicted octanol–water partition coefficient (Wildman–Crippen LogP) is 4.67. The van der Waals surface area contributed by atoms with Gasteiger partial charge in [0.05, 0.1) is 45.9 Å². The third-order valence-corrected chi connectivity index (χ3v) is 7.55. The van der Waals surface area contributed by atoms with Gasteiger partial charge in [-0.1, -0.05) is 19.4 Å². The van der Waals surface area contributed by atoms with Crippen LogP contribution >= 0.6 is 0 Å². The van der Waals surface area contributed by atoms with Crippen LogP contribution in [0.1, 0.15) is 52.5 Å². The van der Waals surface area contributed by atoms with Crippen LogP contribution in [0.25, 0.3) is 0 Å². The average molecular weight is 612 g/mol. The molecule has 1 N–H and O–H groups in total. The second-order valence-corrected chi connectivity index (χ2v) is 12.1. The van der Waals surface area contributed by atoms with Gasteiger partial charge in [0, 0.05) is 18.8 Å². The highest BCUT2D eigenvalue weighted by atomic mass is 16.6. The Hall–Kier alpha value is -3.99. The Morgan fingerprint density at radius 2 is 1.75 bits per heavy atom. The number of likely N-dealkylation sites (tertiary alicyclic amines) is 1. The van der Waals surface area contributed by atoms with E-state index < -0.39 is 23.9 Å².